The van der Waals surface area contributed by atoms with E-state index in [4.69, 9.17) is 5.73 Å². The van der Waals surface area contributed by atoms with E-state index in [1.165, 1.54) is 0 Å². The summed E-state index contributed by atoms with van der Waals surface area (Å²) < 4.78 is 1.00. The maximum Gasteiger partial charge on any atom is 0.250 e. The number of amides is 1. The number of nitrogens with two attached hydrogens (primary N) is 1. The number of nitrogens with one attached hydrogen (secondary N) is 1. The third-order valence-electron chi connectivity index (χ3n) is 3.68. The van der Waals surface area contributed by atoms with Gasteiger partial charge in [0.1, 0.15) is 0 Å². The molecule has 0 fully saturated rings. The summed E-state index contributed by atoms with van der Waals surface area (Å²) in [5, 5.41) is 3.30. The van der Waals surface area contributed by atoms with Gasteiger partial charge in [-0.2, -0.15) is 0 Å². The minimum Gasteiger partial charge on any atom is -0.380 e. The second-order valence-electron chi connectivity index (χ2n) is 5.34. The number of carbonyl (C=O) groups is 1. The van der Waals surface area contributed by atoms with E-state index in [0.29, 0.717) is 12.1 Å². The number of hydrogen-bond donors (Lipinski definition) is 2. The zero-order valence-corrected chi connectivity index (χ0v) is 14.5. The Balaban J connectivity index is 1.93. The molecule has 0 atom stereocenters. The molecule has 1 heterocycles. The highest BCUT2D eigenvalue weighted by Crippen LogP contribution is 2.28. The number of pyridine rings is 1. The first-order valence-corrected chi connectivity index (χ1v) is 8.25. The molecule has 4 nitrogen and oxygen atoms in total. The van der Waals surface area contributed by atoms with E-state index < -0.39 is 5.91 Å². The molecule has 3 aromatic rings. The topological polar surface area (TPSA) is 68.0 Å². The van der Waals surface area contributed by atoms with Gasteiger partial charge in [0.25, 0.3) is 5.91 Å². The van der Waals surface area contributed by atoms with Crippen LogP contribution in [0.5, 0.6) is 0 Å². The molecule has 0 spiro atoms. The maximum atomic E-state index is 11.7. The summed E-state index contributed by atoms with van der Waals surface area (Å²) in [5.74, 6) is -0.451. The van der Waals surface area contributed by atoms with Crippen molar-refractivity contribution < 1.29 is 4.79 Å². The SMILES string of the molecule is NC(=O)c1ccc(-c2cccc(Br)c2)cc1NCc1ccncc1. The summed E-state index contributed by atoms with van der Waals surface area (Å²) in [4.78, 5) is 15.7. The molecule has 2 aromatic carbocycles. The number of halogens is 1. The van der Waals surface area contributed by atoms with E-state index in [1.807, 2.05) is 48.5 Å². The first-order valence-electron chi connectivity index (χ1n) is 7.46. The molecule has 0 unspecified atom stereocenters. The van der Waals surface area contributed by atoms with Gasteiger partial charge < -0.3 is 11.1 Å². The number of aromatic nitrogens is 1. The van der Waals surface area contributed by atoms with E-state index in [0.717, 1.165) is 26.9 Å². The minimum absolute atomic E-state index is 0.451. The van der Waals surface area contributed by atoms with E-state index >= 15 is 0 Å². The molecule has 1 aromatic heterocycles. The smallest absolute Gasteiger partial charge is 0.250 e. The van der Waals surface area contributed by atoms with Crippen molar-refractivity contribution in [3.05, 3.63) is 82.6 Å². The largest absolute Gasteiger partial charge is 0.380 e. The van der Waals surface area contributed by atoms with Crippen molar-refractivity contribution in [1.82, 2.24) is 4.98 Å². The van der Waals surface area contributed by atoms with Crippen LogP contribution in [0.1, 0.15) is 15.9 Å². The fourth-order valence-corrected chi connectivity index (χ4v) is 2.85. The summed E-state index contributed by atoms with van der Waals surface area (Å²) in [6.45, 7) is 0.588. The Kier molecular flexibility index (Phi) is 4.91. The van der Waals surface area contributed by atoms with Gasteiger partial charge in [-0.15, -0.1) is 0 Å². The average Bonchev–Trinajstić information content (AvgIpc) is 2.60. The predicted molar refractivity (Wildman–Crippen MR) is 99.7 cm³/mol. The van der Waals surface area contributed by atoms with Gasteiger partial charge in [-0.05, 0) is 53.1 Å². The van der Waals surface area contributed by atoms with Gasteiger partial charge in [0.15, 0.2) is 0 Å². The molecule has 120 valence electrons. The van der Waals surface area contributed by atoms with Crippen molar-refractivity contribution in [2.24, 2.45) is 5.73 Å². The average molecular weight is 382 g/mol. The van der Waals surface area contributed by atoms with Crippen molar-refractivity contribution >= 4 is 27.5 Å². The van der Waals surface area contributed by atoms with Crippen LogP contribution < -0.4 is 11.1 Å². The Labute approximate surface area is 148 Å². The molecule has 3 N–H and O–H groups in total. The summed E-state index contributed by atoms with van der Waals surface area (Å²) >= 11 is 3.48. The van der Waals surface area contributed by atoms with Crippen LogP contribution in [0, 0.1) is 0 Å². The third-order valence-corrected chi connectivity index (χ3v) is 4.17. The molecule has 0 aliphatic carbocycles. The second-order valence-corrected chi connectivity index (χ2v) is 6.26. The van der Waals surface area contributed by atoms with Crippen LogP contribution in [0.4, 0.5) is 5.69 Å². The Hall–Kier alpha value is -2.66. The number of carbonyl (C=O) groups excluding carboxylic acids is 1. The Morgan fingerprint density at radius 3 is 2.50 bits per heavy atom. The van der Waals surface area contributed by atoms with Crippen LogP contribution >= 0.6 is 15.9 Å². The van der Waals surface area contributed by atoms with Crippen LogP contribution in [0.3, 0.4) is 0 Å². The number of primary amides is 1. The highest BCUT2D eigenvalue weighted by molar-refractivity contribution is 9.10. The van der Waals surface area contributed by atoms with Crippen molar-refractivity contribution in [3.8, 4) is 11.1 Å². The van der Waals surface area contributed by atoms with Crippen LogP contribution in [-0.4, -0.2) is 10.9 Å². The lowest BCUT2D eigenvalue weighted by molar-refractivity contribution is 0.100. The van der Waals surface area contributed by atoms with Crippen LogP contribution in [0.15, 0.2) is 71.5 Å². The first-order chi connectivity index (χ1) is 11.6. The first kappa shape index (κ1) is 16.2. The molecular formula is C19H16BrN3O. The van der Waals surface area contributed by atoms with Crippen molar-refractivity contribution in [2.75, 3.05) is 5.32 Å². The predicted octanol–water partition coefficient (Wildman–Crippen LogP) is 4.22. The van der Waals surface area contributed by atoms with Gasteiger partial charge in [0.2, 0.25) is 0 Å². The second kappa shape index (κ2) is 7.27. The number of nitrogens with zero attached hydrogens (tertiary/aromatic N) is 1. The van der Waals surface area contributed by atoms with Gasteiger partial charge in [-0.1, -0.05) is 34.1 Å². The number of anilines is 1. The van der Waals surface area contributed by atoms with Gasteiger partial charge in [0, 0.05) is 29.1 Å². The number of rotatable bonds is 5. The number of hydrogen-bond acceptors (Lipinski definition) is 3. The quantitative estimate of drug-likeness (QED) is 0.694. The molecule has 0 saturated heterocycles. The Bertz CT molecular complexity index is 865. The molecule has 24 heavy (non-hydrogen) atoms. The minimum atomic E-state index is -0.451. The van der Waals surface area contributed by atoms with E-state index in [-0.39, 0.29) is 0 Å². The molecule has 3 rings (SSSR count). The fraction of sp³-hybridized carbons (Fsp3) is 0.0526. The molecule has 0 aliphatic rings. The molecule has 0 saturated carbocycles. The molecule has 0 bridgehead atoms. The summed E-state index contributed by atoms with van der Waals surface area (Å²) in [7, 11) is 0. The zero-order valence-electron chi connectivity index (χ0n) is 12.9. The summed E-state index contributed by atoms with van der Waals surface area (Å²) in [5.41, 5.74) is 9.85. The maximum absolute atomic E-state index is 11.7. The lowest BCUT2D eigenvalue weighted by Crippen LogP contribution is -2.14. The lowest BCUT2D eigenvalue weighted by atomic mass is 10.0. The highest BCUT2D eigenvalue weighted by atomic mass is 79.9. The highest BCUT2D eigenvalue weighted by Gasteiger charge is 2.10. The van der Waals surface area contributed by atoms with Crippen LogP contribution in [0.25, 0.3) is 11.1 Å². The van der Waals surface area contributed by atoms with Gasteiger partial charge in [0.05, 0.1) is 5.56 Å². The van der Waals surface area contributed by atoms with Crippen molar-refractivity contribution in [1.29, 1.82) is 0 Å². The number of benzene rings is 2. The molecule has 0 aliphatic heterocycles. The third kappa shape index (κ3) is 3.81. The standard InChI is InChI=1S/C19H16BrN3O/c20-16-3-1-2-14(10-16)15-4-5-17(19(21)24)18(11-15)23-12-13-6-8-22-9-7-13/h1-11,23H,12H2,(H2,21,24). The lowest BCUT2D eigenvalue weighted by Gasteiger charge is -2.13. The normalized spacial score (nSPS) is 10.4. The monoisotopic (exact) mass is 381 g/mol. The van der Waals surface area contributed by atoms with Gasteiger partial charge in [-0.3, -0.25) is 9.78 Å². The fourth-order valence-electron chi connectivity index (χ4n) is 2.45. The van der Waals surface area contributed by atoms with Crippen molar-refractivity contribution in [2.45, 2.75) is 6.54 Å². The Morgan fingerprint density at radius 2 is 1.79 bits per heavy atom. The summed E-state index contributed by atoms with van der Waals surface area (Å²) in [6, 6.07) is 17.5. The molecular weight excluding hydrogens is 366 g/mol. The zero-order chi connectivity index (χ0) is 16.9. The molecule has 5 heteroatoms. The van der Waals surface area contributed by atoms with Crippen LogP contribution in [0.2, 0.25) is 0 Å². The van der Waals surface area contributed by atoms with Gasteiger partial charge in [-0.25, -0.2) is 0 Å². The van der Waals surface area contributed by atoms with Gasteiger partial charge >= 0.3 is 0 Å². The van der Waals surface area contributed by atoms with E-state index in [2.05, 4.69) is 26.2 Å². The Morgan fingerprint density at radius 1 is 1.04 bits per heavy atom. The summed E-state index contributed by atoms with van der Waals surface area (Å²) in [6.07, 6.45) is 3.48. The molecule has 0 radical (unpaired) electrons. The van der Waals surface area contributed by atoms with E-state index in [1.54, 1.807) is 18.5 Å². The van der Waals surface area contributed by atoms with E-state index in [9.17, 15) is 4.79 Å². The van der Waals surface area contributed by atoms with Crippen molar-refractivity contribution in [3.63, 3.8) is 0 Å². The molecule has 1 amide bonds. The van der Waals surface area contributed by atoms with Crippen LogP contribution in [-0.2, 0) is 6.54 Å².